The van der Waals surface area contributed by atoms with Crippen LogP contribution in [0.2, 0.25) is 0 Å². The lowest BCUT2D eigenvalue weighted by Crippen LogP contribution is -2.56. The Kier molecular flexibility index (Phi) is 20.1. The van der Waals surface area contributed by atoms with Crippen LogP contribution in [0, 0.1) is 12.5 Å². The molecule has 0 aromatic heterocycles. The van der Waals surface area contributed by atoms with Gasteiger partial charge in [-0.25, -0.2) is 0 Å². The molecule has 5 unspecified atom stereocenters. The first-order valence-electron chi connectivity index (χ1n) is 15.5. The van der Waals surface area contributed by atoms with Gasteiger partial charge in [-0.15, -0.1) is 0 Å². The van der Waals surface area contributed by atoms with E-state index in [1.165, 1.54) is 11.8 Å². The number of likely N-dealkylation sites (tertiary alicyclic amines) is 1. The third kappa shape index (κ3) is 15.8. The molecular formula is C29H53N6O10. The molecular weight excluding hydrogens is 592 g/mol. The molecule has 0 spiro atoms. The summed E-state index contributed by atoms with van der Waals surface area (Å²) in [6.45, 7) is 10.6. The third-order valence-electron chi connectivity index (χ3n) is 6.87. The van der Waals surface area contributed by atoms with Gasteiger partial charge < -0.3 is 56.3 Å². The molecule has 0 aliphatic carbocycles. The highest BCUT2D eigenvalue weighted by Crippen LogP contribution is 2.18. The van der Waals surface area contributed by atoms with Gasteiger partial charge in [0.1, 0.15) is 30.7 Å². The number of carbonyl (C=O) groups excluding carboxylic acids is 5. The topological polar surface area (TPSA) is 231 Å². The summed E-state index contributed by atoms with van der Waals surface area (Å²) in [7, 11) is 0. The van der Waals surface area contributed by atoms with E-state index in [4.69, 9.17) is 19.9 Å². The summed E-state index contributed by atoms with van der Waals surface area (Å²) in [6.07, 6.45) is 0.487. The first kappa shape index (κ1) is 40.1. The van der Waals surface area contributed by atoms with Crippen molar-refractivity contribution in [2.75, 3.05) is 59.3 Å². The van der Waals surface area contributed by atoms with Gasteiger partial charge in [-0.2, -0.15) is 0 Å². The Labute approximate surface area is 265 Å². The number of nitrogens with one attached hydrogen (secondary N) is 4. The quantitative estimate of drug-likeness (QED) is 0.0577. The zero-order valence-corrected chi connectivity index (χ0v) is 26.9. The van der Waals surface area contributed by atoms with Crippen molar-refractivity contribution in [3.8, 4) is 0 Å². The smallest absolute Gasteiger partial charge is 0.248 e. The number of carbonyl (C=O) groups is 5. The lowest BCUT2D eigenvalue weighted by Gasteiger charge is -2.26. The molecule has 1 fully saturated rings. The third-order valence-corrected chi connectivity index (χ3v) is 6.87. The Balaban J connectivity index is 2.52. The van der Waals surface area contributed by atoms with Crippen LogP contribution in [0.1, 0.15) is 53.4 Å². The molecule has 0 aromatic rings. The van der Waals surface area contributed by atoms with Crippen LogP contribution in [0.5, 0.6) is 0 Å². The van der Waals surface area contributed by atoms with E-state index < -0.39 is 66.4 Å². The number of hydrogen-bond donors (Lipinski definition) is 7. The standard InChI is InChI=1S/C29H53N6O10/c1-5-43-12-13-45-15-14-44-11-7-9-31-27(40)22(18-36)34-28(41)23-8-6-10-35(23)24(38)17-32-26(39)21(16-19(2)3)33-29(42)25(30)20(4)37/h17,19-23,25,36-37H,5-16,18,30H2,1-4H3,(H,31,40)(H,32,39)(H,33,42)(H,34,41). The van der Waals surface area contributed by atoms with Crippen LogP contribution in [0.15, 0.2) is 0 Å². The normalized spacial score (nSPS) is 17.3. The minimum atomic E-state index is -1.23. The fourth-order valence-corrected chi connectivity index (χ4v) is 4.36. The summed E-state index contributed by atoms with van der Waals surface area (Å²) in [5.41, 5.74) is 5.66. The first-order chi connectivity index (χ1) is 21.4. The van der Waals surface area contributed by atoms with Crippen molar-refractivity contribution >= 4 is 29.5 Å². The molecule has 1 aliphatic heterocycles. The Morgan fingerprint density at radius 2 is 1.58 bits per heavy atom. The maximum Gasteiger partial charge on any atom is 0.248 e. The largest absolute Gasteiger partial charge is 0.394 e. The van der Waals surface area contributed by atoms with Gasteiger partial charge in [-0.05, 0) is 45.4 Å². The van der Waals surface area contributed by atoms with Crippen molar-refractivity contribution in [3.05, 3.63) is 6.54 Å². The van der Waals surface area contributed by atoms with E-state index in [2.05, 4.69) is 21.3 Å². The molecule has 259 valence electrons. The van der Waals surface area contributed by atoms with Gasteiger partial charge in [0.05, 0.1) is 39.1 Å². The summed E-state index contributed by atoms with van der Waals surface area (Å²) in [4.78, 5) is 64.8. The molecule has 1 heterocycles. The second-order valence-electron chi connectivity index (χ2n) is 11.1. The molecule has 5 atom stereocenters. The molecule has 1 rings (SSSR count). The number of aliphatic hydroxyl groups excluding tert-OH is 2. The lowest BCUT2D eigenvalue weighted by atomic mass is 10.0. The minimum absolute atomic E-state index is 0.0115. The maximum absolute atomic E-state index is 13.0. The maximum atomic E-state index is 13.0. The minimum Gasteiger partial charge on any atom is -0.394 e. The highest BCUT2D eigenvalue weighted by Gasteiger charge is 2.36. The molecule has 1 saturated heterocycles. The second kappa shape index (κ2) is 22.6. The summed E-state index contributed by atoms with van der Waals surface area (Å²) in [6, 6.07) is -4.37. The van der Waals surface area contributed by atoms with E-state index in [1.807, 2.05) is 20.8 Å². The van der Waals surface area contributed by atoms with Crippen LogP contribution in [0.3, 0.4) is 0 Å². The number of rotatable bonds is 23. The van der Waals surface area contributed by atoms with Crippen molar-refractivity contribution in [1.82, 2.24) is 26.2 Å². The van der Waals surface area contributed by atoms with E-state index in [9.17, 15) is 34.2 Å². The molecule has 1 aliphatic rings. The molecule has 0 bridgehead atoms. The van der Waals surface area contributed by atoms with Gasteiger partial charge in [-0.3, -0.25) is 24.0 Å². The highest BCUT2D eigenvalue weighted by atomic mass is 16.5. The van der Waals surface area contributed by atoms with Gasteiger partial charge in [0.2, 0.25) is 29.5 Å². The van der Waals surface area contributed by atoms with Crippen molar-refractivity contribution in [2.24, 2.45) is 11.7 Å². The number of aliphatic hydroxyl groups is 2. The van der Waals surface area contributed by atoms with Gasteiger partial charge in [0, 0.05) is 26.3 Å². The molecule has 0 aromatic carbocycles. The molecule has 16 nitrogen and oxygen atoms in total. The van der Waals surface area contributed by atoms with Crippen LogP contribution < -0.4 is 27.0 Å². The number of nitrogens with zero attached hydrogens (tertiary/aromatic N) is 1. The zero-order valence-electron chi connectivity index (χ0n) is 26.9. The Hall–Kier alpha value is -2.89. The van der Waals surface area contributed by atoms with Crippen LogP contribution in [0.4, 0.5) is 0 Å². The number of hydrogen-bond acceptors (Lipinski definition) is 11. The van der Waals surface area contributed by atoms with Crippen molar-refractivity contribution in [1.29, 1.82) is 0 Å². The summed E-state index contributed by atoms with van der Waals surface area (Å²) >= 11 is 0. The van der Waals surface area contributed by atoms with E-state index in [0.29, 0.717) is 58.9 Å². The van der Waals surface area contributed by atoms with Crippen LogP contribution in [0.25, 0.3) is 0 Å². The Morgan fingerprint density at radius 3 is 2.18 bits per heavy atom. The second-order valence-corrected chi connectivity index (χ2v) is 11.1. The molecule has 8 N–H and O–H groups in total. The monoisotopic (exact) mass is 645 g/mol. The van der Waals surface area contributed by atoms with Gasteiger partial charge in [0.25, 0.3) is 0 Å². The molecule has 1 radical (unpaired) electrons. The predicted molar refractivity (Wildman–Crippen MR) is 163 cm³/mol. The van der Waals surface area contributed by atoms with Gasteiger partial charge in [-0.1, -0.05) is 13.8 Å². The Bertz CT molecular complexity index is 922. The number of ether oxygens (including phenoxy) is 3. The predicted octanol–water partition coefficient (Wildman–Crippen LogP) is -2.45. The fourth-order valence-electron chi connectivity index (χ4n) is 4.36. The van der Waals surface area contributed by atoms with Crippen LogP contribution in [-0.2, 0) is 38.2 Å². The van der Waals surface area contributed by atoms with Gasteiger partial charge >= 0.3 is 0 Å². The SMILES string of the molecule is CCOCCOCCOCCCNC(=O)C(CO)NC(=O)C1CCCN1C(=O)[CH]NC(=O)C(CC(C)C)NC(=O)C(N)C(C)O. The summed E-state index contributed by atoms with van der Waals surface area (Å²) in [5.74, 6) is -3.18. The average Bonchev–Trinajstić information content (AvgIpc) is 3.50. The van der Waals surface area contributed by atoms with E-state index >= 15 is 0 Å². The zero-order chi connectivity index (χ0) is 33.8. The molecule has 5 amide bonds. The van der Waals surface area contributed by atoms with Crippen LogP contribution in [-0.4, -0.2) is 134 Å². The Morgan fingerprint density at radius 1 is 0.933 bits per heavy atom. The molecule has 16 heteroatoms. The van der Waals surface area contributed by atoms with E-state index in [0.717, 1.165) is 6.54 Å². The van der Waals surface area contributed by atoms with Crippen molar-refractivity contribution < 1.29 is 48.4 Å². The highest BCUT2D eigenvalue weighted by molar-refractivity contribution is 5.97. The number of amides is 5. The average molecular weight is 646 g/mol. The molecule has 45 heavy (non-hydrogen) atoms. The molecule has 0 saturated carbocycles. The number of nitrogens with two attached hydrogens (primary N) is 1. The van der Waals surface area contributed by atoms with E-state index in [1.54, 1.807) is 0 Å². The van der Waals surface area contributed by atoms with Crippen LogP contribution >= 0.6 is 0 Å². The van der Waals surface area contributed by atoms with Gasteiger partial charge in [0.15, 0.2) is 0 Å². The van der Waals surface area contributed by atoms with E-state index in [-0.39, 0.29) is 25.4 Å². The first-order valence-corrected chi connectivity index (χ1v) is 15.5. The van der Waals surface area contributed by atoms with Crippen molar-refractivity contribution in [2.45, 2.75) is 83.6 Å². The fraction of sp³-hybridized carbons (Fsp3) is 0.793. The summed E-state index contributed by atoms with van der Waals surface area (Å²) in [5, 5.41) is 29.3. The lowest BCUT2D eigenvalue weighted by molar-refractivity contribution is -0.138. The summed E-state index contributed by atoms with van der Waals surface area (Å²) < 4.78 is 15.9. The van der Waals surface area contributed by atoms with Crippen molar-refractivity contribution in [3.63, 3.8) is 0 Å².